The SMILES string of the molecule is CCNc1ncc(Br)cc1C(=O)NC(C)Cn1cccn1. The monoisotopic (exact) mass is 351 g/mol. The van der Waals surface area contributed by atoms with E-state index in [9.17, 15) is 4.79 Å². The topological polar surface area (TPSA) is 71.8 Å². The molecule has 0 bridgehead atoms. The van der Waals surface area contributed by atoms with Crippen LogP contribution in [0.5, 0.6) is 0 Å². The molecule has 0 radical (unpaired) electrons. The molecule has 1 unspecified atom stereocenters. The van der Waals surface area contributed by atoms with Crippen LogP contribution >= 0.6 is 15.9 Å². The van der Waals surface area contributed by atoms with Crippen molar-refractivity contribution in [2.24, 2.45) is 0 Å². The molecule has 112 valence electrons. The fourth-order valence-electron chi connectivity index (χ4n) is 1.96. The average Bonchev–Trinajstić information content (AvgIpc) is 2.93. The van der Waals surface area contributed by atoms with Gasteiger partial charge >= 0.3 is 0 Å². The van der Waals surface area contributed by atoms with E-state index >= 15 is 0 Å². The van der Waals surface area contributed by atoms with Gasteiger partial charge in [0.2, 0.25) is 0 Å². The number of amides is 1. The molecule has 2 aromatic rings. The van der Waals surface area contributed by atoms with E-state index in [1.807, 2.05) is 26.1 Å². The van der Waals surface area contributed by atoms with E-state index in [0.29, 0.717) is 24.5 Å². The van der Waals surface area contributed by atoms with Crippen molar-refractivity contribution in [1.82, 2.24) is 20.1 Å². The van der Waals surface area contributed by atoms with Crippen LogP contribution in [0.4, 0.5) is 5.82 Å². The lowest BCUT2D eigenvalue weighted by Gasteiger charge is -2.16. The molecule has 0 aliphatic heterocycles. The van der Waals surface area contributed by atoms with Gasteiger partial charge in [0.25, 0.3) is 5.91 Å². The van der Waals surface area contributed by atoms with E-state index in [1.54, 1.807) is 23.1 Å². The molecule has 2 aromatic heterocycles. The van der Waals surface area contributed by atoms with Crippen molar-refractivity contribution in [2.45, 2.75) is 26.4 Å². The summed E-state index contributed by atoms with van der Waals surface area (Å²) in [5, 5.41) is 10.2. The largest absolute Gasteiger partial charge is 0.370 e. The zero-order valence-electron chi connectivity index (χ0n) is 12.0. The minimum atomic E-state index is -0.153. The summed E-state index contributed by atoms with van der Waals surface area (Å²) in [5.74, 6) is 0.434. The van der Waals surface area contributed by atoms with Gasteiger partial charge in [0.1, 0.15) is 5.82 Å². The molecule has 2 heterocycles. The van der Waals surface area contributed by atoms with Crippen molar-refractivity contribution in [3.05, 3.63) is 40.8 Å². The van der Waals surface area contributed by atoms with E-state index in [-0.39, 0.29) is 11.9 Å². The number of nitrogens with zero attached hydrogens (tertiary/aromatic N) is 3. The number of hydrogen-bond acceptors (Lipinski definition) is 4. The molecule has 0 aliphatic carbocycles. The van der Waals surface area contributed by atoms with Crippen molar-refractivity contribution in [2.75, 3.05) is 11.9 Å². The van der Waals surface area contributed by atoms with Gasteiger partial charge in [-0.1, -0.05) is 0 Å². The first kappa shape index (κ1) is 15.5. The maximum Gasteiger partial charge on any atom is 0.255 e. The Labute approximate surface area is 132 Å². The molecule has 2 rings (SSSR count). The third-order valence-corrected chi connectivity index (χ3v) is 3.27. The number of nitrogens with one attached hydrogen (secondary N) is 2. The molecule has 1 amide bonds. The van der Waals surface area contributed by atoms with Gasteiger partial charge in [0.15, 0.2) is 0 Å². The van der Waals surface area contributed by atoms with E-state index in [1.165, 1.54) is 0 Å². The number of aromatic nitrogens is 3. The summed E-state index contributed by atoms with van der Waals surface area (Å²) in [6.45, 7) is 5.23. The fraction of sp³-hybridized carbons (Fsp3) is 0.357. The first-order chi connectivity index (χ1) is 10.1. The molecule has 21 heavy (non-hydrogen) atoms. The Hall–Kier alpha value is -1.89. The van der Waals surface area contributed by atoms with Gasteiger partial charge in [-0.25, -0.2) is 4.98 Å². The van der Waals surface area contributed by atoms with E-state index in [4.69, 9.17) is 0 Å². The summed E-state index contributed by atoms with van der Waals surface area (Å²) >= 11 is 3.35. The summed E-state index contributed by atoms with van der Waals surface area (Å²) in [7, 11) is 0. The number of halogens is 1. The molecule has 6 nitrogen and oxygen atoms in total. The van der Waals surface area contributed by atoms with Crippen LogP contribution in [-0.4, -0.2) is 33.3 Å². The molecular formula is C14H18BrN5O. The Morgan fingerprint density at radius 2 is 2.33 bits per heavy atom. The number of rotatable bonds is 6. The van der Waals surface area contributed by atoms with Crippen molar-refractivity contribution >= 4 is 27.7 Å². The normalized spacial score (nSPS) is 12.0. The highest BCUT2D eigenvalue weighted by atomic mass is 79.9. The number of carbonyl (C=O) groups is 1. The second-order valence-electron chi connectivity index (χ2n) is 4.68. The summed E-state index contributed by atoms with van der Waals surface area (Å²) in [6, 6.07) is 3.59. The van der Waals surface area contributed by atoms with E-state index < -0.39 is 0 Å². The Balaban J connectivity index is 2.07. The zero-order chi connectivity index (χ0) is 15.2. The van der Waals surface area contributed by atoms with Gasteiger partial charge in [-0.05, 0) is 41.9 Å². The minimum absolute atomic E-state index is 0.0362. The molecule has 0 saturated carbocycles. The molecule has 1 atom stereocenters. The van der Waals surface area contributed by atoms with Gasteiger partial charge in [-0.2, -0.15) is 5.10 Å². The molecule has 0 fully saturated rings. The molecule has 7 heteroatoms. The van der Waals surface area contributed by atoms with Crippen LogP contribution in [0.3, 0.4) is 0 Å². The van der Waals surface area contributed by atoms with Crippen LogP contribution in [0.1, 0.15) is 24.2 Å². The van der Waals surface area contributed by atoms with Crippen LogP contribution < -0.4 is 10.6 Å². The zero-order valence-corrected chi connectivity index (χ0v) is 13.6. The standard InChI is InChI=1S/C14H18BrN5O/c1-3-16-13-12(7-11(15)8-17-13)14(21)19-10(2)9-20-6-4-5-18-20/h4-8,10H,3,9H2,1-2H3,(H,16,17)(H,19,21). The van der Waals surface area contributed by atoms with Crippen molar-refractivity contribution in [3.63, 3.8) is 0 Å². The van der Waals surface area contributed by atoms with Gasteiger partial charge in [0, 0.05) is 35.6 Å². The summed E-state index contributed by atoms with van der Waals surface area (Å²) in [4.78, 5) is 16.6. The molecule has 0 aromatic carbocycles. The number of anilines is 1. The van der Waals surface area contributed by atoms with Crippen molar-refractivity contribution in [3.8, 4) is 0 Å². The van der Waals surface area contributed by atoms with Gasteiger partial charge in [0.05, 0.1) is 12.1 Å². The van der Waals surface area contributed by atoms with Crippen LogP contribution in [0.25, 0.3) is 0 Å². The van der Waals surface area contributed by atoms with Crippen molar-refractivity contribution in [1.29, 1.82) is 0 Å². The first-order valence-electron chi connectivity index (χ1n) is 6.78. The second kappa shape index (κ2) is 7.21. The maximum atomic E-state index is 12.4. The highest BCUT2D eigenvalue weighted by Crippen LogP contribution is 2.18. The lowest BCUT2D eigenvalue weighted by atomic mass is 10.2. The molecular weight excluding hydrogens is 334 g/mol. The molecule has 0 aliphatic rings. The number of pyridine rings is 1. The highest BCUT2D eigenvalue weighted by molar-refractivity contribution is 9.10. The van der Waals surface area contributed by atoms with Crippen LogP contribution in [0.15, 0.2) is 35.2 Å². The lowest BCUT2D eigenvalue weighted by Crippen LogP contribution is -2.36. The Morgan fingerprint density at radius 3 is 3.00 bits per heavy atom. The maximum absolute atomic E-state index is 12.4. The van der Waals surface area contributed by atoms with Crippen LogP contribution in [-0.2, 0) is 6.54 Å². The molecule has 0 saturated heterocycles. The predicted molar refractivity (Wildman–Crippen MR) is 85.3 cm³/mol. The van der Waals surface area contributed by atoms with Gasteiger partial charge < -0.3 is 10.6 Å². The van der Waals surface area contributed by atoms with Gasteiger partial charge in [-0.3, -0.25) is 9.48 Å². The second-order valence-corrected chi connectivity index (χ2v) is 5.60. The van der Waals surface area contributed by atoms with E-state index in [2.05, 4.69) is 36.6 Å². The quantitative estimate of drug-likeness (QED) is 0.837. The summed E-state index contributed by atoms with van der Waals surface area (Å²) in [5.41, 5.74) is 0.526. The fourth-order valence-corrected chi connectivity index (χ4v) is 2.29. The predicted octanol–water partition coefficient (Wildman–Crippen LogP) is 2.29. The molecule has 0 spiro atoms. The third-order valence-electron chi connectivity index (χ3n) is 2.84. The number of carbonyl (C=O) groups excluding carboxylic acids is 1. The third kappa shape index (κ3) is 4.29. The van der Waals surface area contributed by atoms with Crippen LogP contribution in [0.2, 0.25) is 0 Å². The Bertz CT molecular complexity index is 599. The Kier molecular flexibility index (Phi) is 5.32. The first-order valence-corrected chi connectivity index (χ1v) is 7.57. The lowest BCUT2D eigenvalue weighted by molar-refractivity contribution is 0.0936. The summed E-state index contributed by atoms with van der Waals surface area (Å²) in [6.07, 6.45) is 5.26. The van der Waals surface area contributed by atoms with E-state index in [0.717, 1.165) is 4.47 Å². The van der Waals surface area contributed by atoms with Gasteiger partial charge in [-0.15, -0.1) is 0 Å². The van der Waals surface area contributed by atoms with Crippen LogP contribution in [0, 0.1) is 0 Å². The summed E-state index contributed by atoms with van der Waals surface area (Å²) < 4.78 is 2.56. The van der Waals surface area contributed by atoms with Crippen molar-refractivity contribution < 1.29 is 4.79 Å². The molecule has 2 N–H and O–H groups in total. The number of hydrogen-bond donors (Lipinski definition) is 2. The minimum Gasteiger partial charge on any atom is -0.370 e. The smallest absolute Gasteiger partial charge is 0.255 e. The average molecular weight is 352 g/mol. The highest BCUT2D eigenvalue weighted by Gasteiger charge is 2.15. The Morgan fingerprint density at radius 1 is 1.52 bits per heavy atom.